The lowest BCUT2D eigenvalue weighted by Crippen LogP contribution is -2.27. The number of nitrogens with one attached hydrogen (secondary N) is 3. The summed E-state index contributed by atoms with van der Waals surface area (Å²) in [7, 11) is 3.32. The van der Waals surface area contributed by atoms with Crippen LogP contribution in [0.2, 0.25) is 0 Å². The van der Waals surface area contributed by atoms with Gasteiger partial charge in [-0.15, -0.1) is 0 Å². The maximum atomic E-state index is 12.6. The van der Waals surface area contributed by atoms with Gasteiger partial charge in [0.1, 0.15) is 12.1 Å². The third kappa shape index (κ3) is 5.29. The molecule has 0 bridgehead atoms. The van der Waals surface area contributed by atoms with Crippen molar-refractivity contribution in [1.82, 2.24) is 25.1 Å². The predicted octanol–water partition coefficient (Wildman–Crippen LogP) is 2.69. The third-order valence-corrected chi connectivity index (χ3v) is 5.62. The average molecular weight is 478 g/mol. The lowest BCUT2D eigenvalue weighted by Gasteiger charge is -2.17. The van der Waals surface area contributed by atoms with Gasteiger partial charge in [-0.25, -0.2) is 9.97 Å². The molecular formula is C24H27N7O4. The largest absolute Gasteiger partial charge is 0.494 e. The number of para-hydroxylation sites is 1. The third-order valence-electron chi connectivity index (χ3n) is 5.62. The minimum absolute atomic E-state index is 0.104. The second kappa shape index (κ2) is 9.92. The molecule has 0 radical (unpaired) electrons. The van der Waals surface area contributed by atoms with Gasteiger partial charge in [0.2, 0.25) is 11.8 Å². The summed E-state index contributed by atoms with van der Waals surface area (Å²) in [6.07, 6.45) is 3.91. The van der Waals surface area contributed by atoms with E-state index in [1.165, 1.54) is 13.1 Å². The Balaban J connectivity index is 1.63. The van der Waals surface area contributed by atoms with E-state index in [-0.39, 0.29) is 36.0 Å². The normalized spacial score (nSPS) is 16.3. The van der Waals surface area contributed by atoms with Crippen LogP contribution >= 0.6 is 0 Å². The van der Waals surface area contributed by atoms with Gasteiger partial charge >= 0.3 is 0 Å². The SMILES string of the molecule is CCC(=O)c1cnc(NC(=O)[C@@H]2C[C@@H]2NC(C)=O)cc1Nc1cccc(-c2ncn(C)n2)c1OC. The summed E-state index contributed by atoms with van der Waals surface area (Å²) in [5, 5.41) is 13.1. The van der Waals surface area contributed by atoms with E-state index in [0.717, 1.165) is 0 Å². The fourth-order valence-electron chi connectivity index (χ4n) is 3.80. The number of ketones is 1. The number of carbonyl (C=O) groups is 3. The number of benzene rings is 1. The highest BCUT2D eigenvalue weighted by Crippen LogP contribution is 2.38. The number of carbonyl (C=O) groups excluding carboxylic acids is 3. The van der Waals surface area contributed by atoms with Crippen molar-refractivity contribution < 1.29 is 19.1 Å². The molecule has 0 unspecified atom stereocenters. The number of rotatable bonds is 9. The molecule has 0 spiro atoms. The summed E-state index contributed by atoms with van der Waals surface area (Å²) in [4.78, 5) is 45.0. The lowest BCUT2D eigenvalue weighted by atomic mass is 10.1. The average Bonchev–Trinajstić information content (AvgIpc) is 3.46. The van der Waals surface area contributed by atoms with Crippen LogP contribution in [0, 0.1) is 5.92 Å². The number of aromatic nitrogens is 4. The van der Waals surface area contributed by atoms with E-state index in [1.54, 1.807) is 38.2 Å². The van der Waals surface area contributed by atoms with Crippen LogP contribution in [-0.2, 0) is 16.6 Å². The molecule has 0 aliphatic heterocycles. The van der Waals surface area contributed by atoms with E-state index in [0.29, 0.717) is 46.3 Å². The molecule has 0 saturated heterocycles. The Morgan fingerprint density at radius 2 is 2.00 bits per heavy atom. The minimum atomic E-state index is -0.309. The summed E-state index contributed by atoms with van der Waals surface area (Å²) in [5.74, 6) is 0.474. The van der Waals surface area contributed by atoms with Crippen molar-refractivity contribution in [2.24, 2.45) is 13.0 Å². The lowest BCUT2D eigenvalue weighted by molar-refractivity contribution is -0.119. The Labute approximate surface area is 202 Å². The van der Waals surface area contributed by atoms with E-state index < -0.39 is 0 Å². The van der Waals surface area contributed by atoms with Crippen molar-refractivity contribution in [1.29, 1.82) is 0 Å². The van der Waals surface area contributed by atoms with Crippen molar-refractivity contribution >= 4 is 34.8 Å². The molecule has 1 aromatic carbocycles. The topological polar surface area (TPSA) is 140 Å². The molecule has 2 aromatic heterocycles. The molecule has 3 N–H and O–H groups in total. The number of nitrogens with zero attached hydrogens (tertiary/aromatic N) is 4. The number of anilines is 3. The molecule has 4 rings (SSSR count). The summed E-state index contributed by atoms with van der Waals surface area (Å²) in [6, 6.07) is 6.93. The zero-order chi connectivity index (χ0) is 25.1. The van der Waals surface area contributed by atoms with Crippen LogP contribution in [0.15, 0.2) is 36.8 Å². The first-order valence-electron chi connectivity index (χ1n) is 11.2. The van der Waals surface area contributed by atoms with Crippen LogP contribution < -0.4 is 20.7 Å². The van der Waals surface area contributed by atoms with Crippen LogP contribution in [0.1, 0.15) is 37.0 Å². The quantitative estimate of drug-likeness (QED) is 0.400. The summed E-state index contributed by atoms with van der Waals surface area (Å²) in [5.41, 5.74) is 2.14. The van der Waals surface area contributed by atoms with Crippen LogP contribution in [0.3, 0.4) is 0 Å². The van der Waals surface area contributed by atoms with Crippen molar-refractivity contribution in [3.63, 3.8) is 0 Å². The van der Waals surface area contributed by atoms with E-state index >= 15 is 0 Å². The first kappa shape index (κ1) is 23.9. The predicted molar refractivity (Wildman–Crippen MR) is 129 cm³/mol. The van der Waals surface area contributed by atoms with Gasteiger partial charge in [-0.05, 0) is 18.6 Å². The Bertz CT molecular complexity index is 1290. The van der Waals surface area contributed by atoms with Crippen LogP contribution in [0.4, 0.5) is 17.2 Å². The number of amides is 2. The van der Waals surface area contributed by atoms with Gasteiger partial charge in [-0.2, -0.15) is 5.10 Å². The van der Waals surface area contributed by atoms with Crippen molar-refractivity contribution in [3.8, 4) is 17.1 Å². The van der Waals surface area contributed by atoms with Crippen molar-refractivity contribution in [3.05, 3.63) is 42.4 Å². The maximum Gasteiger partial charge on any atom is 0.230 e. The van der Waals surface area contributed by atoms with Crippen LogP contribution in [0.5, 0.6) is 5.75 Å². The van der Waals surface area contributed by atoms with Gasteiger partial charge in [0.05, 0.1) is 35.5 Å². The number of pyridine rings is 1. The number of methoxy groups -OCH3 is 1. The zero-order valence-corrected chi connectivity index (χ0v) is 20.0. The Morgan fingerprint density at radius 1 is 1.20 bits per heavy atom. The highest BCUT2D eigenvalue weighted by atomic mass is 16.5. The Hall–Kier alpha value is -4.28. The second-order valence-corrected chi connectivity index (χ2v) is 8.28. The van der Waals surface area contributed by atoms with Gasteiger partial charge in [0.15, 0.2) is 17.4 Å². The first-order chi connectivity index (χ1) is 16.8. The molecule has 11 nitrogen and oxygen atoms in total. The van der Waals surface area contributed by atoms with Crippen molar-refractivity contribution in [2.75, 3.05) is 17.7 Å². The fraction of sp³-hybridized carbons (Fsp3) is 0.333. The fourth-order valence-corrected chi connectivity index (χ4v) is 3.80. The van der Waals surface area contributed by atoms with E-state index in [2.05, 4.69) is 31.0 Å². The van der Waals surface area contributed by atoms with Gasteiger partial charge in [0, 0.05) is 38.7 Å². The summed E-state index contributed by atoms with van der Waals surface area (Å²) in [6.45, 7) is 3.19. The number of hydrogen-bond donors (Lipinski definition) is 3. The molecule has 182 valence electrons. The first-order valence-corrected chi connectivity index (χ1v) is 11.2. The molecule has 2 atom stereocenters. The number of hydrogen-bond acceptors (Lipinski definition) is 8. The maximum absolute atomic E-state index is 12.6. The van der Waals surface area contributed by atoms with Crippen molar-refractivity contribution in [2.45, 2.75) is 32.7 Å². The molecule has 1 aliphatic carbocycles. The molecule has 35 heavy (non-hydrogen) atoms. The van der Waals surface area contributed by atoms with Crippen LogP contribution in [0.25, 0.3) is 11.4 Å². The molecule has 2 amide bonds. The molecule has 1 aliphatic rings. The Morgan fingerprint density at radius 3 is 2.66 bits per heavy atom. The minimum Gasteiger partial charge on any atom is -0.494 e. The standard InChI is InChI=1S/C24H27N7O4/c1-5-20(33)16-11-25-21(29-24(34)15-9-18(15)27-13(2)32)10-19(16)28-17-8-6-7-14(22(17)35-4)23-26-12-31(3)30-23/h6-8,10-12,15,18H,5,9H2,1-4H3,(H,27,32)(H2,25,28,29,34)/t15-,18+/m1/s1. The van der Waals surface area contributed by atoms with Gasteiger partial charge in [0.25, 0.3) is 0 Å². The molecular weight excluding hydrogens is 450 g/mol. The highest BCUT2D eigenvalue weighted by Gasteiger charge is 2.43. The number of ether oxygens (including phenoxy) is 1. The molecule has 3 aromatic rings. The number of Topliss-reactive ketones (excluding diaryl/α,β-unsaturated/α-hetero) is 1. The monoisotopic (exact) mass is 477 g/mol. The molecule has 1 saturated carbocycles. The molecule has 2 heterocycles. The van der Waals surface area contributed by atoms with Gasteiger partial charge in [-0.3, -0.25) is 19.1 Å². The van der Waals surface area contributed by atoms with E-state index in [9.17, 15) is 14.4 Å². The molecule has 1 fully saturated rings. The Kier molecular flexibility index (Phi) is 6.76. The van der Waals surface area contributed by atoms with E-state index in [4.69, 9.17) is 4.74 Å². The molecule has 11 heteroatoms. The van der Waals surface area contributed by atoms with E-state index in [1.807, 2.05) is 18.2 Å². The van der Waals surface area contributed by atoms with Gasteiger partial charge in [-0.1, -0.05) is 13.0 Å². The van der Waals surface area contributed by atoms with Gasteiger partial charge < -0.3 is 20.7 Å². The highest BCUT2D eigenvalue weighted by molar-refractivity contribution is 6.03. The second-order valence-electron chi connectivity index (χ2n) is 8.28. The smallest absolute Gasteiger partial charge is 0.230 e. The summed E-state index contributed by atoms with van der Waals surface area (Å²) < 4.78 is 7.26. The summed E-state index contributed by atoms with van der Waals surface area (Å²) >= 11 is 0. The number of aryl methyl sites for hydroxylation is 1. The van der Waals surface area contributed by atoms with Crippen LogP contribution in [-0.4, -0.2) is 50.5 Å². The zero-order valence-electron chi connectivity index (χ0n) is 20.0.